The van der Waals surface area contributed by atoms with Crippen LogP contribution in [0.25, 0.3) is 11.3 Å². The lowest BCUT2D eigenvalue weighted by atomic mass is 9.88. The van der Waals surface area contributed by atoms with Gasteiger partial charge in [0, 0.05) is 18.4 Å². The lowest BCUT2D eigenvalue weighted by molar-refractivity contribution is 0.202. The Kier molecular flexibility index (Phi) is 4.95. The summed E-state index contributed by atoms with van der Waals surface area (Å²) in [6.07, 6.45) is 3.43. The van der Waals surface area contributed by atoms with E-state index in [1.165, 1.54) is 28.6 Å². The van der Waals surface area contributed by atoms with Crippen LogP contribution in [0.2, 0.25) is 0 Å². The average Bonchev–Trinajstić information content (AvgIpc) is 3.27. The van der Waals surface area contributed by atoms with Crippen molar-refractivity contribution in [2.45, 2.75) is 37.6 Å². The first-order chi connectivity index (χ1) is 14.5. The number of likely N-dealkylation sites (tertiary alicyclic amines) is 1. The molecule has 0 unspecified atom stereocenters. The summed E-state index contributed by atoms with van der Waals surface area (Å²) in [4.78, 5) is 2.46. The molecular formula is C23H26N4O2S. The molecule has 0 bridgehead atoms. The van der Waals surface area contributed by atoms with Gasteiger partial charge in [-0.25, -0.2) is 13.1 Å². The van der Waals surface area contributed by atoms with E-state index in [2.05, 4.69) is 51.6 Å². The predicted octanol–water partition coefficient (Wildman–Crippen LogP) is 3.23. The van der Waals surface area contributed by atoms with E-state index >= 15 is 0 Å². The van der Waals surface area contributed by atoms with Crippen LogP contribution < -0.4 is 0 Å². The summed E-state index contributed by atoms with van der Waals surface area (Å²) in [5, 5.41) is 8.84. The molecule has 3 heterocycles. The third-order valence-corrected chi connectivity index (χ3v) is 7.07. The summed E-state index contributed by atoms with van der Waals surface area (Å²) in [5.41, 5.74) is 6.95. The topological polar surface area (TPSA) is 68.1 Å². The smallest absolute Gasteiger partial charge is 0.151 e. The Balaban J connectivity index is 1.25. The lowest BCUT2D eigenvalue weighted by Crippen LogP contribution is -2.32. The van der Waals surface area contributed by atoms with Gasteiger partial charge in [-0.05, 0) is 48.5 Å². The Hall–Kier alpha value is -2.51. The largest absolute Gasteiger partial charge is 0.297 e. The van der Waals surface area contributed by atoms with Gasteiger partial charge in [-0.15, -0.1) is 5.10 Å². The van der Waals surface area contributed by atoms with E-state index in [4.69, 9.17) is 0 Å². The third kappa shape index (κ3) is 3.91. The maximum Gasteiger partial charge on any atom is 0.151 e. The van der Waals surface area contributed by atoms with Gasteiger partial charge < -0.3 is 0 Å². The summed E-state index contributed by atoms with van der Waals surface area (Å²) in [6.45, 7) is 3.65. The number of hydrogen-bond acceptors (Lipinski definition) is 5. The molecule has 0 N–H and O–H groups in total. The highest BCUT2D eigenvalue weighted by atomic mass is 32.2. The number of piperidine rings is 1. The zero-order valence-electron chi connectivity index (χ0n) is 17.2. The molecule has 1 fully saturated rings. The molecule has 2 aliphatic rings. The van der Waals surface area contributed by atoms with Gasteiger partial charge in [0.2, 0.25) is 0 Å². The van der Waals surface area contributed by atoms with Crippen molar-refractivity contribution in [3.05, 3.63) is 70.9 Å². The molecule has 0 atom stereocenters. The zero-order valence-corrected chi connectivity index (χ0v) is 18.0. The van der Waals surface area contributed by atoms with Crippen molar-refractivity contribution in [3.63, 3.8) is 0 Å². The molecule has 2 aliphatic heterocycles. The van der Waals surface area contributed by atoms with Gasteiger partial charge in [0.15, 0.2) is 9.84 Å². The predicted molar refractivity (Wildman–Crippen MR) is 117 cm³/mol. The van der Waals surface area contributed by atoms with Crippen molar-refractivity contribution in [2.24, 2.45) is 0 Å². The second-order valence-electron chi connectivity index (χ2n) is 8.57. The van der Waals surface area contributed by atoms with Gasteiger partial charge in [0.25, 0.3) is 0 Å². The van der Waals surface area contributed by atoms with Crippen molar-refractivity contribution >= 4 is 9.84 Å². The Morgan fingerprint density at radius 2 is 1.87 bits per heavy atom. The molecule has 6 nitrogen and oxygen atoms in total. The van der Waals surface area contributed by atoms with Crippen LogP contribution >= 0.6 is 0 Å². The van der Waals surface area contributed by atoms with Gasteiger partial charge in [-0.2, -0.15) is 0 Å². The molecule has 5 rings (SSSR count). The fraction of sp³-hybridized carbons (Fsp3) is 0.391. The molecular weight excluding hydrogens is 396 g/mol. The number of fused-ring (bicyclic) bond motifs is 3. The van der Waals surface area contributed by atoms with Crippen molar-refractivity contribution in [1.29, 1.82) is 0 Å². The van der Waals surface area contributed by atoms with Crippen LogP contribution in [0.1, 0.15) is 41.1 Å². The summed E-state index contributed by atoms with van der Waals surface area (Å²) < 4.78 is 25.3. The third-order valence-electron chi connectivity index (χ3n) is 6.21. The Bertz CT molecular complexity index is 1180. The summed E-state index contributed by atoms with van der Waals surface area (Å²) in [6, 6.07) is 16.6. The molecule has 0 amide bonds. The number of benzene rings is 2. The van der Waals surface area contributed by atoms with Crippen molar-refractivity contribution in [1.82, 2.24) is 19.9 Å². The van der Waals surface area contributed by atoms with Gasteiger partial charge in [0.05, 0.1) is 18.0 Å². The zero-order chi connectivity index (χ0) is 20.7. The van der Waals surface area contributed by atoms with E-state index < -0.39 is 9.84 Å². The summed E-state index contributed by atoms with van der Waals surface area (Å²) in [5.74, 6) is 0.590. The summed E-state index contributed by atoms with van der Waals surface area (Å²) in [7, 11) is -3.01. The molecule has 1 saturated heterocycles. The Labute approximate surface area is 177 Å². The van der Waals surface area contributed by atoms with Gasteiger partial charge >= 0.3 is 0 Å². The van der Waals surface area contributed by atoms with Crippen LogP contribution in [0.15, 0.2) is 48.5 Å². The Morgan fingerprint density at radius 3 is 2.67 bits per heavy atom. The van der Waals surface area contributed by atoms with E-state index in [1.807, 2.05) is 16.8 Å². The van der Waals surface area contributed by atoms with E-state index in [0.29, 0.717) is 5.92 Å². The molecule has 0 saturated carbocycles. The van der Waals surface area contributed by atoms with Crippen LogP contribution in [0.3, 0.4) is 0 Å². The van der Waals surface area contributed by atoms with Crippen LogP contribution in [0.5, 0.6) is 0 Å². The maximum absolute atomic E-state index is 11.6. The highest BCUT2D eigenvalue weighted by molar-refractivity contribution is 7.89. The fourth-order valence-electron chi connectivity index (χ4n) is 4.79. The summed E-state index contributed by atoms with van der Waals surface area (Å²) >= 11 is 0. The minimum absolute atomic E-state index is 0.111. The van der Waals surface area contributed by atoms with Gasteiger partial charge in [-0.1, -0.05) is 53.7 Å². The van der Waals surface area contributed by atoms with Crippen molar-refractivity contribution < 1.29 is 8.42 Å². The van der Waals surface area contributed by atoms with Gasteiger partial charge in [-0.3, -0.25) is 4.90 Å². The molecule has 2 aromatic carbocycles. The first-order valence-electron chi connectivity index (χ1n) is 10.5. The molecule has 7 heteroatoms. The van der Waals surface area contributed by atoms with E-state index in [9.17, 15) is 8.42 Å². The number of nitrogens with zero attached hydrogens (tertiary/aromatic N) is 4. The maximum atomic E-state index is 11.6. The molecule has 1 aromatic heterocycles. The monoisotopic (exact) mass is 422 g/mol. The SMILES string of the molecule is CS(=O)(=O)Cc1cccc(C2CCN(Cc3nnn4c3-c3ccccc3C4)CC2)c1. The molecule has 3 aromatic rings. The quantitative estimate of drug-likeness (QED) is 0.494. The van der Waals surface area contributed by atoms with Gasteiger partial charge in [0.1, 0.15) is 5.69 Å². The van der Waals surface area contributed by atoms with Crippen molar-refractivity contribution in [3.8, 4) is 11.3 Å². The highest BCUT2D eigenvalue weighted by Crippen LogP contribution is 2.34. The molecule has 0 aliphatic carbocycles. The second-order valence-corrected chi connectivity index (χ2v) is 10.7. The normalized spacial score (nSPS) is 17.1. The fourth-order valence-corrected chi connectivity index (χ4v) is 5.57. The van der Waals surface area contributed by atoms with E-state index in [-0.39, 0.29) is 5.75 Å². The standard InChI is InChI=1S/C23H26N4O2S/c1-30(28,29)16-17-5-4-7-19(13-17)18-9-11-26(12-10-18)15-22-23-21-8-3-2-6-20(21)14-27(23)25-24-22/h2-8,13,18H,9-12,14-16H2,1H3. The van der Waals surface area contributed by atoms with E-state index in [0.717, 1.165) is 50.3 Å². The van der Waals surface area contributed by atoms with Crippen LogP contribution in [-0.4, -0.2) is 47.7 Å². The molecule has 156 valence electrons. The first kappa shape index (κ1) is 19.5. The molecule has 30 heavy (non-hydrogen) atoms. The van der Waals surface area contributed by atoms with Crippen molar-refractivity contribution in [2.75, 3.05) is 19.3 Å². The number of sulfone groups is 1. The van der Waals surface area contributed by atoms with E-state index in [1.54, 1.807) is 0 Å². The molecule has 0 spiro atoms. The number of hydrogen-bond donors (Lipinski definition) is 0. The lowest BCUT2D eigenvalue weighted by Gasteiger charge is -2.32. The van der Waals surface area contributed by atoms with Crippen LogP contribution in [0, 0.1) is 0 Å². The highest BCUT2D eigenvalue weighted by Gasteiger charge is 2.27. The number of rotatable bonds is 5. The minimum atomic E-state index is -3.01. The van der Waals surface area contributed by atoms with Crippen LogP contribution in [-0.2, 0) is 28.7 Å². The second kappa shape index (κ2) is 7.63. The number of aromatic nitrogens is 3. The first-order valence-corrected chi connectivity index (χ1v) is 12.5. The molecule has 0 radical (unpaired) electrons. The minimum Gasteiger partial charge on any atom is -0.297 e. The van der Waals surface area contributed by atoms with Crippen LogP contribution in [0.4, 0.5) is 0 Å². The average molecular weight is 423 g/mol. The Morgan fingerprint density at radius 1 is 1.07 bits per heavy atom.